The normalized spacial score (nSPS) is 13.1. The van der Waals surface area contributed by atoms with Gasteiger partial charge in [-0.15, -0.1) is 0 Å². The number of hydrogen-bond acceptors (Lipinski definition) is 6. The SMILES string of the molecule is CCCCCCCCCC/C=C\CCCCCCCCCCCCCC(=O)OC(COCCC(C(=O)O)[N+](C)(C)C)COC(=O)CC. The Bertz CT molecular complexity index is 793. The predicted octanol–water partition coefficient (Wildman–Crippen LogP) is 9.58. The lowest BCUT2D eigenvalue weighted by atomic mass is 10.0. The molecule has 8 nitrogen and oxygen atoms in total. The third-order valence-corrected chi connectivity index (χ3v) is 8.72. The summed E-state index contributed by atoms with van der Waals surface area (Å²) in [5, 5.41) is 9.48. The molecular formula is C39H74NO7+. The highest BCUT2D eigenvalue weighted by atomic mass is 16.6. The number of hydrogen-bond donors (Lipinski definition) is 1. The third kappa shape index (κ3) is 29.9. The molecule has 276 valence electrons. The van der Waals surface area contributed by atoms with E-state index in [1.54, 1.807) is 6.92 Å². The van der Waals surface area contributed by atoms with Crippen LogP contribution < -0.4 is 0 Å². The topological polar surface area (TPSA) is 99.1 Å². The van der Waals surface area contributed by atoms with Gasteiger partial charge < -0.3 is 23.8 Å². The standard InChI is InChI=1S/C39H73NO7/c1-6-8-9-10-11-12-13-14-15-16-17-18-19-20-21-22-23-24-25-26-27-28-29-30-38(42)47-35(34-46-37(41)7-2)33-45-32-31-36(39(43)44)40(3,4)5/h16-17,35-36H,6-15,18-34H2,1-5H3/p+1/b17-16-. The molecule has 0 saturated carbocycles. The summed E-state index contributed by atoms with van der Waals surface area (Å²) in [6.45, 7) is 4.18. The van der Waals surface area contributed by atoms with Crippen LogP contribution in [0.4, 0.5) is 0 Å². The number of carbonyl (C=O) groups is 3. The van der Waals surface area contributed by atoms with E-state index in [-0.39, 0.29) is 42.7 Å². The summed E-state index contributed by atoms with van der Waals surface area (Å²) >= 11 is 0. The average molecular weight is 669 g/mol. The van der Waals surface area contributed by atoms with Crippen molar-refractivity contribution in [3.8, 4) is 0 Å². The molecule has 0 fully saturated rings. The van der Waals surface area contributed by atoms with E-state index in [0.29, 0.717) is 12.8 Å². The number of carboxylic acid groups (broad SMARTS) is 1. The molecule has 0 aliphatic carbocycles. The van der Waals surface area contributed by atoms with E-state index in [1.165, 1.54) is 116 Å². The molecule has 1 N–H and O–H groups in total. The number of esters is 2. The number of likely N-dealkylation sites (N-methyl/N-ethyl adjacent to an activating group) is 1. The minimum absolute atomic E-state index is 0.0582. The van der Waals surface area contributed by atoms with Gasteiger partial charge in [-0.2, -0.15) is 0 Å². The second-order valence-corrected chi connectivity index (χ2v) is 14.1. The summed E-state index contributed by atoms with van der Waals surface area (Å²) in [6, 6.07) is -0.606. The third-order valence-electron chi connectivity index (χ3n) is 8.72. The van der Waals surface area contributed by atoms with Crippen molar-refractivity contribution >= 4 is 17.9 Å². The molecule has 2 atom stereocenters. The van der Waals surface area contributed by atoms with Crippen LogP contribution in [-0.2, 0) is 28.6 Å². The van der Waals surface area contributed by atoms with Crippen molar-refractivity contribution < 1.29 is 38.2 Å². The number of ether oxygens (including phenoxy) is 3. The zero-order valence-electron chi connectivity index (χ0n) is 31.2. The summed E-state index contributed by atoms with van der Waals surface area (Å²) in [5.74, 6) is -1.57. The molecule has 0 aromatic rings. The summed E-state index contributed by atoms with van der Waals surface area (Å²) in [5.41, 5.74) is 0. The molecule has 0 amide bonds. The Labute approximate surface area is 289 Å². The Morgan fingerprint density at radius 3 is 1.55 bits per heavy atom. The molecule has 0 spiro atoms. The quantitative estimate of drug-likeness (QED) is 0.0315. The van der Waals surface area contributed by atoms with E-state index >= 15 is 0 Å². The number of carboxylic acids is 1. The van der Waals surface area contributed by atoms with Crippen LogP contribution >= 0.6 is 0 Å². The van der Waals surface area contributed by atoms with Gasteiger partial charge >= 0.3 is 17.9 Å². The number of unbranched alkanes of at least 4 members (excludes halogenated alkanes) is 19. The van der Waals surface area contributed by atoms with E-state index < -0.39 is 18.1 Å². The maximum Gasteiger partial charge on any atom is 0.362 e. The molecule has 0 rings (SSSR count). The van der Waals surface area contributed by atoms with Crippen LogP contribution in [0.3, 0.4) is 0 Å². The Morgan fingerprint density at radius 1 is 0.638 bits per heavy atom. The van der Waals surface area contributed by atoms with Crippen LogP contribution in [0, 0.1) is 0 Å². The van der Waals surface area contributed by atoms with Crippen molar-refractivity contribution in [2.45, 2.75) is 180 Å². The fraction of sp³-hybridized carbons (Fsp3) is 0.872. The van der Waals surface area contributed by atoms with Crippen molar-refractivity contribution in [1.82, 2.24) is 0 Å². The molecule has 0 radical (unpaired) electrons. The molecule has 2 unspecified atom stereocenters. The first-order chi connectivity index (χ1) is 22.6. The lowest BCUT2D eigenvalue weighted by Gasteiger charge is -2.31. The van der Waals surface area contributed by atoms with E-state index in [0.717, 1.165) is 19.3 Å². The second kappa shape index (κ2) is 31.3. The van der Waals surface area contributed by atoms with Gasteiger partial charge in [-0.25, -0.2) is 4.79 Å². The molecule has 0 aliphatic heterocycles. The van der Waals surface area contributed by atoms with Crippen LogP contribution in [0.2, 0.25) is 0 Å². The number of rotatable bonds is 34. The second-order valence-electron chi connectivity index (χ2n) is 14.1. The first-order valence-electron chi connectivity index (χ1n) is 19.2. The van der Waals surface area contributed by atoms with Gasteiger partial charge in [0.05, 0.1) is 34.4 Å². The molecule has 47 heavy (non-hydrogen) atoms. The minimum Gasteiger partial charge on any atom is -0.477 e. The highest BCUT2D eigenvalue weighted by Gasteiger charge is 2.31. The highest BCUT2D eigenvalue weighted by molar-refractivity contribution is 5.72. The summed E-state index contributed by atoms with van der Waals surface area (Å²) in [4.78, 5) is 35.6. The molecule has 0 aromatic carbocycles. The van der Waals surface area contributed by atoms with Gasteiger partial charge in [0.1, 0.15) is 6.61 Å². The fourth-order valence-electron chi connectivity index (χ4n) is 5.66. The highest BCUT2D eigenvalue weighted by Crippen LogP contribution is 2.14. The van der Waals surface area contributed by atoms with E-state index in [9.17, 15) is 19.5 Å². The zero-order valence-corrected chi connectivity index (χ0v) is 31.2. The minimum atomic E-state index is -0.880. The first-order valence-corrected chi connectivity index (χ1v) is 19.2. The van der Waals surface area contributed by atoms with Gasteiger partial charge in [-0.1, -0.05) is 129 Å². The van der Waals surface area contributed by atoms with Crippen LogP contribution in [0.15, 0.2) is 12.2 Å². The first kappa shape index (κ1) is 45.1. The summed E-state index contributed by atoms with van der Waals surface area (Å²) < 4.78 is 16.7. The van der Waals surface area contributed by atoms with Crippen molar-refractivity contribution in [3.63, 3.8) is 0 Å². The van der Waals surface area contributed by atoms with Gasteiger partial charge in [0, 0.05) is 19.3 Å². The fourth-order valence-corrected chi connectivity index (χ4v) is 5.66. The van der Waals surface area contributed by atoms with E-state index in [1.807, 2.05) is 21.1 Å². The largest absolute Gasteiger partial charge is 0.477 e. The van der Waals surface area contributed by atoms with Gasteiger partial charge in [-0.3, -0.25) is 9.59 Å². The Hall–Kier alpha value is -1.93. The molecule has 0 saturated heterocycles. The smallest absolute Gasteiger partial charge is 0.362 e. The number of nitrogens with zero attached hydrogens (tertiary/aromatic N) is 1. The van der Waals surface area contributed by atoms with Gasteiger partial charge in [0.2, 0.25) is 0 Å². The molecule has 0 bridgehead atoms. The lowest BCUT2D eigenvalue weighted by molar-refractivity contribution is -0.887. The van der Waals surface area contributed by atoms with Crippen LogP contribution in [0.25, 0.3) is 0 Å². The number of carbonyl (C=O) groups excluding carboxylic acids is 2. The Kier molecular flexibility index (Phi) is 30.1. The maximum absolute atomic E-state index is 12.4. The molecule has 8 heteroatoms. The zero-order chi connectivity index (χ0) is 35.0. The van der Waals surface area contributed by atoms with Gasteiger partial charge in [-0.05, 0) is 32.1 Å². The van der Waals surface area contributed by atoms with Crippen molar-refractivity contribution in [1.29, 1.82) is 0 Å². The predicted molar refractivity (Wildman–Crippen MR) is 192 cm³/mol. The van der Waals surface area contributed by atoms with Crippen molar-refractivity contribution in [3.05, 3.63) is 12.2 Å². The Balaban J connectivity index is 3.82. The van der Waals surface area contributed by atoms with Crippen molar-refractivity contribution in [2.75, 3.05) is 41.0 Å². The van der Waals surface area contributed by atoms with E-state index in [4.69, 9.17) is 14.2 Å². The molecule has 0 aromatic heterocycles. The number of allylic oxidation sites excluding steroid dienone is 2. The van der Waals surface area contributed by atoms with Gasteiger partial charge in [0.15, 0.2) is 12.1 Å². The maximum atomic E-state index is 12.4. The molecule has 0 aliphatic rings. The number of aliphatic carboxylic acids is 1. The lowest BCUT2D eigenvalue weighted by Crippen LogP contribution is -2.50. The van der Waals surface area contributed by atoms with E-state index in [2.05, 4.69) is 19.1 Å². The monoisotopic (exact) mass is 669 g/mol. The van der Waals surface area contributed by atoms with Crippen LogP contribution in [0.1, 0.15) is 168 Å². The van der Waals surface area contributed by atoms with Crippen LogP contribution in [-0.4, -0.2) is 80.6 Å². The summed E-state index contributed by atoms with van der Waals surface area (Å²) in [6.07, 6.45) is 31.9. The van der Waals surface area contributed by atoms with Crippen molar-refractivity contribution in [2.24, 2.45) is 0 Å². The Morgan fingerprint density at radius 2 is 1.11 bits per heavy atom. The number of quaternary nitrogens is 1. The summed E-state index contributed by atoms with van der Waals surface area (Å²) in [7, 11) is 5.48. The van der Waals surface area contributed by atoms with Crippen LogP contribution in [0.5, 0.6) is 0 Å². The average Bonchev–Trinajstić information content (AvgIpc) is 3.02. The van der Waals surface area contributed by atoms with Gasteiger partial charge in [0.25, 0.3) is 0 Å². The molecular weight excluding hydrogens is 594 g/mol. The molecule has 0 heterocycles.